The van der Waals surface area contributed by atoms with E-state index in [-0.39, 0.29) is 5.56 Å². The molecule has 0 fully saturated rings. The summed E-state index contributed by atoms with van der Waals surface area (Å²) in [6.45, 7) is 2.08. The summed E-state index contributed by atoms with van der Waals surface area (Å²) in [6.07, 6.45) is 3.59. The van der Waals surface area contributed by atoms with Gasteiger partial charge in [0.2, 0.25) is 5.65 Å². The van der Waals surface area contributed by atoms with Crippen molar-refractivity contribution in [2.45, 2.75) is 17.8 Å². The molecule has 0 radical (unpaired) electrons. The Kier molecular flexibility index (Phi) is 4.11. The molecular formula is C19H16N4OS. The Morgan fingerprint density at radius 3 is 2.64 bits per heavy atom. The summed E-state index contributed by atoms with van der Waals surface area (Å²) in [7, 11) is 0. The van der Waals surface area contributed by atoms with Gasteiger partial charge in [-0.3, -0.25) is 13.8 Å². The highest BCUT2D eigenvalue weighted by Gasteiger charge is 2.12. The maximum atomic E-state index is 12.7. The highest BCUT2D eigenvalue weighted by molar-refractivity contribution is 7.98. The maximum Gasteiger partial charge on any atom is 0.300 e. The lowest BCUT2D eigenvalue weighted by Crippen LogP contribution is -2.20. The summed E-state index contributed by atoms with van der Waals surface area (Å²) in [5, 5.41) is 9.00. The van der Waals surface area contributed by atoms with Gasteiger partial charge in [0.1, 0.15) is 0 Å². The zero-order chi connectivity index (χ0) is 17.2. The number of aryl methyl sites for hydroxylation is 1. The molecule has 0 amide bonds. The monoisotopic (exact) mass is 348 g/mol. The fourth-order valence-corrected chi connectivity index (χ4v) is 3.57. The minimum Gasteiger partial charge on any atom is -0.280 e. The van der Waals surface area contributed by atoms with Crippen LogP contribution in [0, 0.1) is 6.92 Å². The van der Waals surface area contributed by atoms with Gasteiger partial charge >= 0.3 is 5.56 Å². The Labute approximate surface area is 149 Å². The van der Waals surface area contributed by atoms with Crippen molar-refractivity contribution in [2.24, 2.45) is 0 Å². The van der Waals surface area contributed by atoms with Crippen molar-refractivity contribution in [3.8, 4) is 5.69 Å². The van der Waals surface area contributed by atoms with Crippen LogP contribution in [-0.4, -0.2) is 19.2 Å². The number of rotatable bonds is 4. The van der Waals surface area contributed by atoms with Crippen LogP contribution in [0.4, 0.5) is 0 Å². The van der Waals surface area contributed by atoms with Crippen LogP contribution in [0.25, 0.3) is 11.3 Å². The average Bonchev–Trinajstić information content (AvgIpc) is 3.05. The number of fused-ring (bicyclic) bond motifs is 1. The fourth-order valence-electron chi connectivity index (χ4n) is 2.71. The summed E-state index contributed by atoms with van der Waals surface area (Å²) in [6, 6.07) is 17.9. The smallest absolute Gasteiger partial charge is 0.280 e. The van der Waals surface area contributed by atoms with Gasteiger partial charge in [-0.1, -0.05) is 59.8 Å². The topological polar surface area (TPSA) is 52.2 Å². The van der Waals surface area contributed by atoms with E-state index in [1.54, 1.807) is 26.9 Å². The summed E-state index contributed by atoms with van der Waals surface area (Å²) >= 11 is 1.57. The normalized spacial score (nSPS) is 11.1. The van der Waals surface area contributed by atoms with Crippen LogP contribution in [0.2, 0.25) is 0 Å². The van der Waals surface area contributed by atoms with Gasteiger partial charge in [-0.05, 0) is 24.6 Å². The van der Waals surface area contributed by atoms with Crippen molar-refractivity contribution in [3.63, 3.8) is 0 Å². The average molecular weight is 348 g/mol. The molecule has 0 atom stereocenters. The van der Waals surface area contributed by atoms with Crippen LogP contribution < -0.4 is 5.56 Å². The maximum absolute atomic E-state index is 12.7. The Balaban J connectivity index is 1.66. The molecule has 0 saturated carbocycles. The van der Waals surface area contributed by atoms with E-state index in [9.17, 15) is 4.79 Å². The predicted octanol–water partition coefficient (Wildman–Crippen LogP) is 3.48. The third-order valence-electron chi connectivity index (χ3n) is 3.92. The molecule has 0 saturated heterocycles. The number of para-hydroxylation sites is 1. The Morgan fingerprint density at radius 2 is 1.84 bits per heavy atom. The van der Waals surface area contributed by atoms with Gasteiger partial charge in [0.15, 0.2) is 5.16 Å². The molecule has 0 spiro atoms. The number of hydrogen-bond donors (Lipinski definition) is 0. The summed E-state index contributed by atoms with van der Waals surface area (Å²) in [5.41, 5.74) is 3.42. The third-order valence-corrected chi connectivity index (χ3v) is 4.94. The van der Waals surface area contributed by atoms with E-state index in [0.717, 1.165) is 11.4 Å². The molecule has 4 aromatic rings. The van der Waals surface area contributed by atoms with E-state index < -0.39 is 0 Å². The molecule has 0 bridgehead atoms. The lowest BCUT2D eigenvalue weighted by Gasteiger charge is -2.06. The van der Waals surface area contributed by atoms with Gasteiger partial charge in [0.25, 0.3) is 0 Å². The van der Waals surface area contributed by atoms with Crippen LogP contribution in [-0.2, 0) is 5.75 Å². The number of benzene rings is 2. The molecule has 6 heteroatoms. The van der Waals surface area contributed by atoms with Crippen molar-refractivity contribution < 1.29 is 0 Å². The molecule has 0 aliphatic rings. The first-order valence-electron chi connectivity index (χ1n) is 7.92. The highest BCUT2D eigenvalue weighted by atomic mass is 32.2. The van der Waals surface area contributed by atoms with Gasteiger partial charge in [0.05, 0.1) is 0 Å². The molecule has 4 rings (SSSR count). The van der Waals surface area contributed by atoms with Crippen molar-refractivity contribution in [2.75, 3.05) is 0 Å². The molecule has 5 nitrogen and oxygen atoms in total. The van der Waals surface area contributed by atoms with E-state index in [4.69, 9.17) is 0 Å². The standard InChI is InChI=1S/C19H16N4OS/c1-14-6-5-7-15(12-14)13-25-19-21-20-17-18(24)22(10-11-23(17)19)16-8-3-2-4-9-16/h2-12H,13H2,1H3. The molecule has 0 aliphatic carbocycles. The third kappa shape index (κ3) is 3.08. The van der Waals surface area contributed by atoms with E-state index in [1.165, 1.54) is 11.1 Å². The second kappa shape index (κ2) is 6.57. The number of nitrogens with zero attached hydrogens (tertiary/aromatic N) is 4. The van der Waals surface area contributed by atoms with Crippen LogP contribution in [0.1, 0.15) is 11.1 Å². The molecule has 0 N–H and O–H groups in total. The SMILES string of the molecule is Cc1cccc(CSc2nnc3c(=O)n(-c4ccccc4)ccn23)c1. The zero-order valence-corrected chi connectivity index (χ0v) is 14.5. The number of thioether (sulfide) groups is 1. The summed E-state index contributed by atoms with van der Waals surface area (Å²) in [5.74, 6) is 0.782. The molecule has 0 unspecified atom stereocenters. The first-order chi connectivity index (χ1) is 12.2. The van der Waals surface area contributed by atoms with Gasteiger partial charge in [-0.2, -0.15) is 0 Å². The Morgan fingerprint density at radius 1 is 1.00 bits per heavy atom. The van der Waals surface area contributed by atoms with E-state index in [1.807, 2.05) is 42.6 Å². The van der Waals surface area contributed by atoms with E-state index in [0.29, 0.717) is 10.8 Å². The van der Waals surface area contributed by atoms with Crippen LogP contribution >= 0.6 is 11.8 Å². The largest absolute Gasteiger partial charge is 0.300 e. The second-order valence-electron chi connectivity index (χ2n) is 5.76. The Bertz CT molecular complexity index is 1090. The van der Waals surface area contributed by atoms with Gasteiger partial charge in [0, 0.05) is 23.8 Å². The minimum absolute atomic E-state index is 0.177. The first kappa shape index (κ1) is 15.7. The van der Waals surface area contributed by atoms with E-state index in [2.05, 4.69) is 35.3 Å². The zero-order valence-electron chi connectivity index (χ0n) is 13.7. The van der Waals surface area contributed by atoms with Gasteiger partial charge < -0.3 is 0 Å². The number of aromatic nitrogens is 4. The van der Waals surface area contributed by atoms with Gasteiger partial charge in [-0.15, -0.1) is 10.2 Å². The number of hydrogen-bond acceptors (Lipinski definition) is 4. The lowest BCUT2D eigenvalue weighted by molar-refractivity contribution is 0.893. The van der Waals surface area contributed by atoms with Crippen LogP contribution in [0.3, 0.4) is 0 Å². The molecule has 2 aromatic carbocycles. The molecule has 0 aliphatic heterocycles. The summed E-state index contributed by atoms with van der Waals surface area (Å²) < 4.78 is 3.33. The van der Waals surface area contributed by atoms with Gasteiger partial charge in [-0.25, -0.2) is 0 Å². The van der Waals surface area contributed by atoms with E-state index >= 15 is 0 Å². The molecule has 2 heterocycles. The van der Waals surface area contributed by atoms with Crippen molar-refractivity contribution in [1.29, 1.82) is 0 Å². The van der Waals surface area contributed by atoms with Crippen molar-refractivity contribution in [1.82, 2.24) is 19.2 Å². The highest BCUT2D eigenvalue weighted by Crippen LogP contribution is 2.21. The first-order valence-corrected chi connectivity index (χ1v) is 8.91. The quantitative estimate of drug-likeness (QED) is 0.530. The minimum atomic E-state index is -0.177. The van der Waals surface area contributed by atoms with Crippen LogP contribution in [0.15, 0.2) is 76.9 Å². The fraction of sp³-hybridized carbons (Fsp3) is 0.105. The van der Waals surface area contributed by atoms with Crippen LogP contribution in [0.5, 0.6) is 0 Å². The molecule has 2 aromatic heterocycles. The second-order valence-corrected chi connectivity index (χ2v) is 6.71. The molecule has 124 valence electrons. The Hall–Kier alpha value is -2.86. The molecular weight excluding hydrogens is 332 g/mol. The molecule has 25 heavy (non-hydrogen) atoms. The van der Waals surface area contributed by atoms with Crippen molar-refractivity contribution in [3.05, 3.63) is 88.5 Å². The predicted molar refractivity (Wildman–Crippen MR) is 99.3 cm³/mol. The summed E-state index contributed by atoms with van der Waals surface area (Å²) in [4.78, 5) is 12.7. The lowest BCUT2D eigenvalue weighted by atomic mass is 10.2. The van der Waals surface area contributed by atoms with Crippen molar-refractivity contribution >= 4 is 17.4 Å².